The molecule has 0 aliphatic carbocycles. The molecule has 1 aromatic heterocycles. The number of benzene rings is 1. The second-order valence-corrected chi connectivity index (χ2v) is 5.75. The molecule has 1 fully saturated rings. The molecule has 1 aliphatic rings. The lowest BCUT2D eigenvalue weighted by atomic mass is 9.73. The number of nitrogens with one attached hydrogen (secondary N) is 1. The summed E-state index contributed by atoms with van der Waals surface area (Å²) in [7, 11) is 0. The van der Waals surface area contributed by atoms with E-state index >= 15 is 0 Å². The Bertz CT molecular complexity index is 500. The van der Waals surface area contributed by atoms with Gasteiger partial charge in [0.1, 0.15) is 0 Å². The summed E-state index contributed by atoms with van der Waals surface area (Å²) in [5.74, 6) is 0. The third kappa shape index (κ3) is 2.01. The fraction of sp³-hybridized carbons (Fsp3) is 0.357. The van der Waals surface area contributed by atoms with E-state index in [9.17, 15) is 0 Å². The van der Waals surface area contributed by atoms with Crippen LogP contribution in [0.25, 0.3) is 0 Å². The molecule has 88 valence electrons. The number of aromatic nitrogens is 1. The molecule has 17 heavy (non-hydrogen) atoms. The van der Waals surface area contributed by atoms with Crippen LogP contribution in [0, 0.1) is 6.92 Å². The van der Waals surface area contributed by atoms with Gasteiger partial charge in [0.05, 0.1) is 5.01 Å². The molecule has 0 unspecified atom stereocenters. The van der Waals surface area contributed by atoms with E-state index in [0.29, 0.717) is 0 Å². The fourth-order valence-electron chi connectivity index (χ4n) is 2.42. The molecular weight excluding hydrogens is 228 g/mol. The number of nitrogens with zero attached hydrogens (tertiary/aromatic N) is 1. The van der Waals surface area contributed by atoms with Crippen molar-refractivity contribution in [3.05, 3.63) is 52.0 Å². The van der Waals surface area contributed by atoms with E-state index in [4.69, 9.17) is 0 Å². The van der Waals surface area contributed by atoms with Crippen LogP contribution in [0.4, 0.5) is 0 Å². The molecule has 0 atom stereocenters. The summed E-state index contributed by atoms with van der Waals surface area (Å²) in [5.41, 5.74) is 2.85. The molecule has 3 heteroatoms. The summed E-state index contributed by atoms with van der Waals surface area (Å²) in [4.78, 5) is 4.59. The van der Waals surface area contributed by atoms with Crippen LogP contribution in [0.5, 0.6) is 0 Å². The number of hydrogen-bond acceptors (Lipinski definition) is 3. The summed E-state index contributed by atoms with van der Waals surface area (Å²) in [5, 5.41) is 6.80. The van der Waals surface area contributed by atoms with Gasteiger partial charge in [0.15, 0.2) is 0 Å². The smallest absolute Gasteiger partial charge is 0.0938 e. The van der Waals surface area contributed by atoms with Crippen LogP contribution in [-0.2, 0) is 11.8 Å². The van der Waals surface area contributed by atoms with E-state index in [-0.39, 0.29) is 5.41 Å². The van der Waals surface area contributed by atoms with Gasteiger partial charge in [0.25, 0.3) is 0 Å². The summed E-state index contributed by atoms with van der Waals surface area (Å²) >= 11 is 1.78. The zero-order chi connectivity index (χ0) is 11.7. The predicted molar refractivity (Wildman–Crippen MR) is 71.5 cm³/mol. The fourth-order valence-corrected chi connectivity index (χ4v) is 3.34. The molecule has 1 aromatic carbocycles. The molecule has 1 aliphatic heterocycles. The van der Waals surface area contributed by atoms with Crippen molar-refractivity contribution in [2.75, 3.05) is 13.1 Å². The molecule has 0 spiro atoms. The van der Waals surface area contributed by atoms with Gasteiger partial charge < -0.3 is 5.32 Å². The van der Waals surface area contributed by atoms with Gasteiger partial charge in [0.2, 0.25) is 0 Å². The van der Waals surface area contributed by atoms with E-state index in [2.05, 4.69) is 52.9 Å². The Kier molecular flexibility index (Phi) is 2.73. The van der Waals surface area contributed by atoms with Gasteiger partial charge in [-0.1, -0.05) is 30.3 Å². The molecule has 0 radical (unpaired) electrons. The van der Waals surface area contributed by atoms with E-state index in [1.807, 2.05) is 0 Å². The number of rotatable bonds is 3. The molecule has 1 saturated heterocycles. The lowest BCUT2D eigenvalue weighted by molar-refractivity contribution is 0.274. The third-order valence-corrected chi connectivity index (χ3v) is 4.44. The van der Waals surface area contributed by atoms with Gasteiger partial charge in [-0.2, -0.15) is 0 Å². The maximum Gasteiger partial charge on any atom is 0.0938 e. The molecule has 2 heterocycles. The van der Waals surface area contributed by atoms with E-state index < -0.39 is 0 Å². The molecule has 0 saturated carbocycles. The largest absolute Gasteiger partial charge is 0.315 e. The van der Waals surface area contributed by atoms with Crippen LogP contribution in [0.2, 0.25) is 0 Å². The maximum atomic E-state index is 4.59. The zero-order valence-corrected chi connectivity index (χ0v) is 10.8. The van der Waals surface area contributed by atoms with Crippen molar-refractivity contribution in [1.29, 1.82) is 0 Å². The maximum absolute atomic E-state index is 4.59. The summed E-state index contributed by atoms with van der Waals surface area (Å²) < 4.78 is 0. The SMILES string of the molecule is Cc1csc(CC2(c3ccccc3)CNC2)n1. The van der Waals surface area contributed by atoms with Crippen molar-refractivity contribution in [3.8, 4) is 0 Å². The Balaban J connectivity index is 1.88. The van der Waals surface area contributed by atoms with Gasteiger partial charge in [0, 0.05) is 36.0 Å². The quantitative estimate of drug-likeness (QED) is 0.897. The second-order valence-electron chi connectivity index (χ2n) is 4.81. The van der Waals surface area contributed by atoms with Crippen molar-refractivity contribution in [1.82, 2.24) is 10.3 Å². The van der Waals surface area contributed by atoms with Gasteiger partial charge in [-0.15, -0.1) is 11.3 Å². The molecule has 2 aromatic rings. The van der Waals surface area contributed by atoms with Crippen molar-refractivity contribution in [2.45, 2.75) is 18.8 Å². The molecule has 3 rings (SSSR count). The van der Waals surface area contributed by atoms with Gasteiger partial charge in [-0.3, -0.25) is 0 Å². The van der Waals surface area contributed by atoms with E-state index in [0.717, 1.165) is 25.2 Å². The molecule has 2 nitrogen and oxygen atoms in total. The monoisotopic (exact) mass is 244 g/mol. The van der Waals surface area contributed by atoms with Crippen molar-refractivity contribution in [2.24, 2.45) is 0 Å². The minimum absolute atomic E-state index is 0.269. The van der Waals surface area contributed by atoms with Crippen LogP contribution in [0.1, 0.15) is 16.3 Å². The van der Waals surface area contributed by atoms with Crippen molar-refractivity contribution in [3.63, 3.8) is 0 Å². The Labute approximate surface area is 106 Å². The second kappa shape index (κ2) is 4.24. The highest BCUT2D eigenvalue weighted by Crippen LogP contribution is 2.33. The minimum atomic E-state index is 0.269. The zero-order valence-electron chi connectivity index (χ0n) is 9.94. The van der Waals surface area contributed by atoms with E-state index in [1.165, 1.54) is 10.6 Å². The predicted octanol–water partition coefficient (Wildman–Crippen LogP) is 2.54. The number of aryl methyl sites for hydroxylation is 1. The Morgan fingerprint density at radius 3 is 2.59 bits per heavy atom. The highest BCUT2D eigenvalue weighted by molar-refractivity contribution is 7.09. The van der Waals surface area contributed by atoms with Crippen molar-refractivity contribution < 1.29 is 0 Å². The lowest BCUT2D eigenvalue weighted by Crippen LogP contribution is -2.58. The van der Waals surface area contributed by atoms with Crippen LogP contribution in [0.3, 0.4) is 0 Å². The van der Waals surface area contributed by atoms with Gasteiger partial charge in [-0.25, -0.2) is 4.98 Å². The summed E-state index contributed by atoms with van der Waals surface area (Å²) in [6.07, 6.45) is 1.06. The molecule has 0 amide bonds. The van der Waals surface area contributed by atoms with Crippen LogP contribution in [-0.4, -0.2) is 18.1 Å². The Hall–Kier alpha value is -1.19. The average Bonchev–Trinajstić information content (AvgIpc) is 2.71. The minimum Gasteiger partial charge on any atom is -0.315 e. The highest BCUT2D eigenvalue weighted by Gasteiger charge is 2.39. The lowest BCUT2D eigenvalue weighted by Gasteiger charge is -2.43. The first-order chi connectivity index (χ1) is 8.28. The first-order valence-corrected chi connectivity index (χ1v) is 6.84. The first kappa shape index (κ1) is 10.9. The Morgan fingerprint density at radius 1 is 1.29 bits per heavy atom. The molecule has 0 bridgehead atoms. The van der Waals surface area contributed by atoms with Gasteiger partial charge >= 0.3 is 0 Å². The number of hydrogen-bond donors (Lipinski definition) is 1. The van der Waals surface area contributed by atoms with Crippen LogP contribution in [0.15, 0.2) is 35.7 Å². The van der Waals surface area contributed by atoms with Crippen LogP contribution >= 0.6 is 11.3 Å². The standard InChI is InChI=1S/C14H16N2S/c1-11-8-17-13(16-11)7-14(9-15-10-14)12-5-3-2-4-6-12/h2-6,8,15H,7,9-10H2,1H3. The van der Waals surface area contributed by atoms with Gasteiger partial charge in [-0.05, 0) is 12.5 Å². The van der Waals surface area contributed by atoms with Crippen LogP contribution < -0.4 is 5.32 Å². The Morgan fingerprint density at radius 2 is 2.06 bits per heavy atom. The third-order valence-electron chi connectivity index (χ3n) is 3.47. The summed E-state index contributed by atoms with van der Waals surface area (Å²) in [6, 6.07) is 10.8. The van der Waals surface area contributed by atoms with E-state index in [1.54, 1.807) is 11.3 Å². The first-order valence-electron chi connectivity index (χ1n) is 5.96. The van der Waals surface area contributed by atoms with Crippen molar-refractivity contribution >= 4 is 11.3 Å². The topological polar surface area (TPSA) is 24.9 Å². The normalized spacial score (nSPS) is 17.7. The molecule has 1 N–H and O–H groups in total. The summed E-state index contributed by atoms with van der Waals surface area (Å²) in [6.45, 7) is 4.19. The average molecular weight is 244 g/mol. The number of thiazole rings is 1. The molecular formula is C14H16N2S. The highest BCUT2D eigenvalue weighted by atomic mass is 32.1.